The Kier molecular flexibility index (Phi) is 7.09. The minimum Gasteiger partial charge on any atom is -0.490 e. The second-order valence-corrected chi connectivity index (χ2v) is 4.76. The van der Waals surface area contributed by atoms with Crippen molar-refractivity contribution in [2.24, 2.45) is 0 Å². The Bertz CT molecular complexity index is 358. The second kappa shape index (κ2) is 8.35. The van der Waals surface area contributed by atoms with Crippen molar-refractivity contribution >= 4 is 11.6 Å². The zero-order valence-corrected chi connectivity index (χ0v) is 12.1. The summed E-state index contributed by atoms with van der Waals surface area (Å²) in [6.07, 6.45) is 1.09. The average Bonchev–Trinajstić information content (AvgIpc) is 2.34. The highest BCUT2D eigenvalue weighted by Crippen LogP contribution is 2.25. The molecule has 0 saturated carbocycles. The van der Waals surface area contributed by atoms with Crippen molar-refractivity contribution in [2.45, 2.75) is 26.3 Å². The van der Waals surface area contributed by atoms with E-state index in [1.54, 1.807) is 7.11 Å². The van der Waals surface area contributed by atoms with Gasteiger partial charge in [-0.3, -0.25) is 0 Å². The SMILES string of the molecule is CCCNC(COC)COc1ccc(C)cc1Cl. The molecule has 0 spiro atoms. The molecule has 102 valence electrons. The zero-order valence-electron chi connectivity index (χ0n) is 11.3. The van der Waals surface area contributed by atoms with Gasteiger partial charge in [-0.05, 0) is 37.6 Å². The number of nitrogens with one attached hydrogen (secondary N) is 1. The first-order valence-electron chi connectivity index (χ1n) is 6.28. The third kappa shape index (κ3) is 5.25. The molecule has 1 N–H and O–H groups in total. The van der Waals surface area contributed by atoms with E-state index in [1.807, 2.05) is 25.1 Å². The van der Waals surface area contributed by atoms with Gasteiger partial charge >= 0.3 is 0 Å². The lowest BCUT2D eigenvalue weighted by atomic mass is 10.2. The van der Waals surface area contributed by atoms with Gasteiger partial charge in [-0.25, -0.2) is 0 Å². The number of ether oxygens (including phenoxy) is 2. The Morgan fingerprint density at radius 3 is 2.72 bits per heavy atom. The highest BCUT2D eigenvalue weighted by Gasteiger charge is 2.09. The minimum atomic E-state index is 0.187. The molecule has 0 aliphatic rings. The first-order valence-corrected chi connectivity index (χ1v) is 6.66. The summed E-state index contributed by atoms with van der Waals surface area (Å²) < 4.78 is 10.9. The van der Waals surface area contributed by atoms with Crippen LogP contribution in [0.5, 0.6) is 5.75 Å². The van der Waals surface area contributed by atoms with Gasteiger partial charge in [0.1, 0.15) is 12.4 Å². The fourth-order valence-electron chi connectivity index (χ4n) is 1.63. The smallest absolute Gasteiger partial charge is 0.137 e. The molecule has 1 atom stereocenters. The van der Waals surface area contributed by atoms with Crippen molar-refractivity contribution in [3.8, 4) is 5.75 Å². The number of hydrogen-bond donors (Lipinski definition) is 1. The van der Waals surface area contributed by atoms with Gasteiger partial charge < -0.3 is 14.8 Å². The molecular weight excluding hydrogens is 250 g/mol. The fourth-order valence-corrected chi connectivity index (χ4v) is 1.92. The molecule has 0 fully saturated rings. The van der Waals surface area contributed by atoms with Crippen molar-refractivity contribution in [2.75, 3.05) is 26.9 Å². The van der Waals surface area contributed by atoms with Gasteiger partial charge in [-0.2, -0.15) is 0 Å². The monoisotopic (exact) mass is 271 g/mol. The van der Waals surface area contributed by atoms with Gasteiger partial charge in [-0.15, -0.1) is 0 Å². The van der Waals surface area contributed by atoms with Gasteiger partial charge in [-0.1, -0.05) is 24.6 Å². The quantitative estimate of drug-likeness (QED) is 0.788. The second-order valence-electron chi connectivity index (χ2n) is 4.35. The maximum atomic E-state index is 6.12. The fraction of sp³-hybridized carbons (Fsp3) is 0.571. The first kappa shape index (κ1) is 15.3. The number of halogens is 1. The Morgan fingerprint density at radius 1 is 1.33 bits per heavy atom. The predicted octanol–water partition coefficient (Wildman–Crippen LogP) is 3.04. The number of rotatable bonds is 8. The van der Waals surface area contributed by atoms with Gasteiger partial charge in [0.25, 0.3) is 0 Å². The summed E-state index contributed by atoms with van der Waals surface area (Å²) in [4.78, 5) is 0. The summed E-state index contributed by atoms with van der Waals surface area (Å²) in [5.74, 6) is 0.724. The van der Waals surface area contributed by atoms with Gasteiger partial charge in [0.15, 0.2) is 0 Å². The molecule has 3 nitrogen and oxygen atoms in total. The lowest BCUT2D eigenvalue weighted by molar-refractivity contribution is 0.136. The average molecular weight is 272 g/mol. The summed E-state index contributed by atoms with van der Waals surface area (Å²) in [6.45, 7) is 6.28. The van der Waals surface area contributed by atoms with Crippen LogP contribution in [-0.4, -0.2) is 32.9 Å². The molecule has 0 radical (unpaired) electrons. The summed E-state index contributed by atoms with van der Waals surface area (Å²) in [7, 11) is 1.69. The molecule has 4 heteroatoms. The third-order valence-electron chi connectivity index (χ3n) is 2.58. The number of benzene rings is 1. The summed E-state index contributed by atoms with van der Waals surface area (Å²) in [6, 6.07) is 5.99. The number of methoxy groups -OCH3 is 1. The van der Waals surface area contributed by atoms with Crippen LogP contribution in [0.15, 0.2) is 18.2 Å². The Balaban J connectivity index is 2.49. The van der Waals surface area contributed by atoms with E-state index < -0.39 is 0 Å². The van der Waals surface area contributed by atoms with Crippen LogP contribution in [0.25, 0.3) is 0 Å². The molecule has 1 unspecified atom stereocenters. The number of aryl methyl sites for hydroxylation is 1. The van der Waals surface area contributed by atoms with Gasteiger partial charge in [0.2, 0.25) is 0 Å². The van der Waals surface area contributed by atoms with E-state index in [1.165, 1.54) is 0 Å². The molecule has 0 amide bonds. The maximum Gasteiger partial charge on any atom is 0.137 e. The topological polar surface area (TPSA) is 30.5 Å². The molecule has 1 aromatic rings. The molecule has 0 bridgehead atoms. The largest absolute Gasteiger partial charge is 0.490 e. The lowest BCUT2D eigenvalue weighted by Crippen LogP contribution is -2.38. The van der Waals surface area contributed by atoms with Crippen LogP contribution < -0.4 is 10.1 Å². The Hall–Kier alpha value is -0.770. The van der Waals surface area contributed by atoms with Crippen molar-refractivity contribution < 1.29 is 9.47 Å². The van der Waals surface area contributed by atoms with Gasteiger partial charge in [0.05, 0.1) is 17.7 Å². The summed E-state index contributed by atoms with van der Waals surface area (Å²) in [5.41, 5.74) is 1.13. The van der Waals surface area contributed by atoms with Crippen LogP contribution in [0.3, 0.4) is 0 Å². The molecule has 0 heterocycles. The molecule has 18 heavy (non-hydrogen) atoms. The van der Waals surface area contributed by atoms with Crippen LogP contribution in [0.1, 0.15) is 18.9 Å². The highest BCUT2D eigenvalue weighted by molar-refractivity contribution is 6.32. The minimum absolute atomic E-state index is 0.187. The van der Waals surface area contributed by atoms with Crippen LogP contribution in [-0.2, 0) is 4.74 Å². The van der Waals surface area contributed by atoms with Crippen molar-refractivity contribution in [3.63, 3.8) is 0 Å². The first-order chi connectivity index (χ1) is 8.67. The molecule has 0 saturated heterocycles. The van der Waals surface area contributed by atoms with E-state index in [9.17, 15) is 0 Å². The van der Waals surface area contributed by atoms with Crippen molar-refractivity contribution in [1.29, 1.82) is 0 Å². The maximum absolute atomic E-state index is 6.12. The zero-order chi connectivity index (χ0) is 13.4. The number of hydrogen-bond acceptors (Lipinski definition) is 3. The molecule has 0 aromatic heterocycles. The Morgan fingerprint density at radius 2 is 2.11 bits per heavy atom. The van der Waals surface area contributed by atoms with Crippen LogP contribution >= 0.6 is 11.6 Å². The summed E-state index contributed by atoms with van der Waals surface area (Å²) >= 11 is 6.12. The van der Waals surface area contributed by atoms with Crippen LogP contribution in [0, 0.1) is 6.92 Å². The molecule has 0 aliphatic carbocycles. The summed E-state index contributed by atoms with van der Waals surface area (Å²) in [5, 5.41) is 4.03. The van der Waals surface area contributed by atoms with Crippen LogP contribution in [0.4, 0.5) is 0 Å². The lowest BCUT2D eigenvalue weighted by Gasteiger charge is -2.18. The predicted molar refractivity (Wildman–Crippen MR) is 75.6 cm³/mol. The molecule has 1 rings (SSSR count). The normalized spacial score (nSPS) is 12.4. The van der Waals surface area contributed by atoms with Crippen LogP contribution in [0.2, 0.25) is 5.02 Å². The van der Waals surface area contributed by atoms with Gasteiger partial charge in [0, 0.05) is 7.11 Å². The molecular formula is C14H22ClNO2. The standard InChI is InChI=1S/C14H22ClNO2/c1-4-7-16-12(9-17-3)10-18-14-6-5-11(2)8-13(14)15/h5-6,8,12,16H,4,7,9-10H2,1-3H3. The van der Waals surface area contributed by atoms with E-state index in [4.69, 9.17) is 21.1 Å². The van der Waals surface area contributed by atoms with Crippen molar-refractivity contribution in [3.05, 3.63) is 28.8 Å². The Labute approximate surface area is 114 Å². The molecule has 0 aliphatic heterocycles. The third-order valence-corrected chi connectivity index (χ3v) is 2.87. The van der Waals surface area contributed by atoms with Crippen molar-refractivity contribution in [1.82, 2.24) is 5.32 Å². The van der Waals surface area contributed by atoms with E-state index in [0.29, 0.717) is 18.2 Å². The van der Waals surface area contributed by atoms with E-state index in [2.05, 4.69) is 12.2 Å². The van der Waals surface area contributed by atoms with E-state index >= 15 is 0 Å². The van der Waals surface area contributed by atoms with E-state index in [-0.39, 0.29) is 6.04 Å². The van der Waals surface area contributed by atoms with E-state index in [0.717, 1.165) is 24.3 Å². The molecule has 1 aromatic carbocycles. The highest BCUT2D eigenvalue weighted by atomic mass is 35.5.